The molecule has 138 valence electrons. The van der Waals surface area contributed by atoms with Gasteiger partial charge in [0.1, 0.15) is 11.6 Å². The number of nitrogens with zero attached hydrogens (tertiary/aromatic N) is 4. The van der Waals surface area contributed by atoms with Crippen LogP contribution in [0.15, 0.2) is 65.5 Å². The van der Waals surface area contributed by atoms with Gasteiger partial charge in [-0.2, -0.15) is 4.98 Å². The van der Waals surface area contributed by atoms with Crippen LogP contribution in [0, 0.1) is 0 Å². The summed E-state index contributed by atoms with van der Waals surface area (Å²) in [6.07, 6.45) is 0. The monoisotopic (exact) mass is 381 g/mol. The molecule has 6 nitrogen and oxygen atoms in total. The van der Waals surface area contributed by atoms with Gasteiger partial charge in [-0.15, -0.1) is 0 Å². The number of rotatable bonds is 3. The van der Waals surface area contributed by atoms with E-state index in [-0.39, 0.29) is 0 Å². The molecule has 0 amide bonds. The van der Waals surface area contributed by atoms with E-state index in [1.54, 1.807) is 30.3 Å². The largest absolute Gasteiger partial charge is 0.385 e. The van der Waals surface area contributed by atoms with Gasteiger partial charge in [0.15, 0.2) is 0 Å². The van der Waals surface area contributed by atoms with Crippen molar-refractivity contribution in [3.63, 3.8) is 0 Å². The minimum Gasteiger partial charge on any atom is -0.385 e. The van der Waals surface area contributed by atoms with Crippen molar-refractivity contribution in [3.05, 3.63) is 76.2 Å². The molecule has 2 N–H and O–H groups in total. The van der Waals surface area contributed by atoms with Crippen LogP contribution in [0.5, 0.6) is 0 Å². The number of para-hydroxylation sites is 1. The highest BCUT2D eigenvalue weighted by molar-refractivity contribution is 6.30. The lowest BCUT2D eigenvalue weighted by atomic mass is 10.2. The molecule has 1 aliphatic rings. The van der Waals surface area contributed by atoms with E-state index in [0.717, 1.165) is 26.2 Å². The number of piperazine rings is 1. The normalized spacial score (nSPS) is 14.4. The standard InChI is InChI=1S/C20H20ClN5O/c21-15-6-8-17(9-7-15)26-18(22)14-19(23-20(26)27)25-12-10-24(11-13-25)16-4-2-1-3-5-16/h1-9,14H,10-13,22H2. The summed E-state index contributed by atoms with van der Waals surface area (Å²) < 4.78 is 1.39. The Hall–Kier alpha value is -2.99. The third kappa shape index (κ3) is 3.61. The summed E-state index contributed by atoms with van der Waals surface area (Å²) in [7, 11) is 0. The van der Waals surface area contributed by atoms with Crippen molar-refractivity contribution in [1.82, 2.24) is 9.55 Å². The third-order valence-corrected chi connectivity index (χ3v) is 5.00. The average molecular weight is 382 g/mol. The number of hydrogen-bond acceptors (Lipinski definition) is 5. The lowest BCUT2D eigenvalue weighted by molar-refractivity contribution is 0.644. The number of halogens is 1. The number of nitrogens with two attached hydrogens (primary N) is 1. The highest BCUT2D eigenvalue weighted by Gasteiger charge is 2.20. The number of anilines is 3. The molecule has 0 aliphatic carbocycles. The van der Waals surface area contributed by atoms with Crippen LogP contribution in [0.4, 0.5) is 17.3 Å². The van der Waals surface area contributed by atoms with Gasteiger partial charge in [-0.25, -0.2) is 9.36 Å². The van der Waals surface area contributed by atoms with Gasteiger partial charge in [0, 0.05) is 43.0 Å². The SMILES string of the molecule is Nc1cc(N2CCN(c3ccccc3)CC2)nc(=O)n1-c1ccc(Cl)cc1. The molecule has 7 heteroatoms. The van der Waals surface area contributed by atoms with Crippen molar-refractivity contribution >= 4 is 28.9 Å². The van der Waals surface area contributed by atoms with Gasteiger partial charge in [0.05, 0.1) is 5.69 Å². The minimum absolute atomic E-state index is 0.359. The molecule has 1 fully saturated rings. The highest BCUT2D eigenvalue weighted by atomic mass is 35.5. The van der Waals surface area contributed by atoms with Crippen LogP contribution in [0.3, 0.4) is 0 Å². The predicted molar refractivity (Wildman–Crippen MR) is 110 cm³/mol. The molecule has 1 saturated heterocycles. The maximum atomic E-state index is 12.6. The third-order valence-electron chi connectivity index (χ3n) is 4.75. The lowest BCUT2D eigenvalue weighted by Gasteiger charge is -2.36. The zero-order valence-electron chi connectivity index (χ0n) is 14.8. The Morgan fingerprint density at radius 2 is 1.48 bits per heavy atom. The maximum Gasteiger partial charge on any atom is 0.355 e. The Labute approximate surface area is 162 Å². The summed E-state index contributed by atoms with van der Waals surface area (Å²) in [6.45, 7) is 3.30. The first-order valence-electron chi connectivity index (χ1n) is 8.82. The van der Waals surface area contributed by atoms with Gasteiger partial charge < -0.3 is 15.5 Å². The maximum absolute atomic E-state index is 12.6. The van der Waals surface area contributed by atoms with Crippen LogP contribution in [-0.2, 0) is 0 Å². The summed E-state index contributed by atoms with van der Waals surface area (Å²) in [4.78, 5) is 21.3. The zero-order valence-corrected chi connectivity index (χ0v) is 15.5. The van der Waals surface area contributed by atoms with Crippen molar-refractivity contribution in [2.75, 3.05) is 41.7 Å². The van der Waals surface area contributed by atoms with Gasteiger partial charge in [0.2, 0.25) is 0 Å². The van der Waals surface area contributed by atoms with Crippen LogP contribution >= 0.6 is 11.6 Å². The van der Waals surface area contributed by atoms with Crippen molar-refractivity contribution in [3.8, 4) is 5.69 Å². The first-order valence-corrected chi connectivity index (χ1v) is 9.20. The lowest BCUT2D eigenvalue weighted by Crippen LogP contribution is -2.47. The van der Waals surface area contributed by atoms with Crippen LogP contribution in [0.25, 0.3) is 5.69 Å². The molecule has 1 aliphatic heterocycles. The van der Waals surface area contributed by atoms with E-state index < -0.39 is 5.69 Å². The number of benzene rings is 2. The molecule has 0 saturated carbocycles. The van der Waals surface area contributed by atoms with Crippen molar-refractivity contribution in [1.29, 1.82) is 0 Å². The molecule has 2 aromatic carbocycles. The molecule has 0 atom stereocenters. The molecule has 0 spiro atoms. The highest BCUT2D eigenvalue weighted by Crippen LogP contribution is 2.21. The van der Waals surface area contributed by atoms with Crippen molar-refractivity contribution < 1.29 is 0 Å². The van der Waals surface area contributed by atoms with Gasteiger partial charge >= 0.3 is 5.69 Å². The molecule has 1 aromatic heterocycles. The predicted octanol–water partition coefficient (Wildman–Crippen LogP) is 2.79. The fraction of sp³-hybridized carbons (Fsp3) is 0.200. The quantitative estimate of drug-likeness (QED) is 0.755. The van der Waals surface area contributed by atoms with E-state index in [1.807, 2.05) is 18.2 Å². The Balaban J connectivity index is 1.54. The number of hydrogen-bond donors (Lipinski definition) is 1. The second kappa shape index (κ2) is 7.32. The molecule has 0 radical (unpaired) electrons. The summed E-state index contributed by atoms with van der Waals surface area (Å²) in [5.74, 6) is 0.980. The minimum atomic E-state index is -0.391. The van der Waals surface area contributed by atoms with Crippen LogP contribution in [0.2, 0.25) is 5.02 Å². The van der Waals surface area contributed by atoms with Crippen LogP contribution in [0.1, 0.15) is 0 Å². The van der Waals surface area contributed by atoms with Gasteiger partial charge in [-0.1, -0.05) is 29.8 Å². The van der Waals surface area contributed by atoms with Crippen molar-refractivity contribution in [2.45, 2.75) is 0 Å². The topological polar surface area (TPSA) is 67.4 Å². The van der Waals surface area contributed by atoms with E-state index >= 15 is 0 Å². The average Bonchev–Trinajstić information content (AvgIpc) is 2.70. The molecular formula is C20H20ClN5O. The Morgan fingerprint density at radius 3 is 2.11 bits per heavy atom. The molecule has 3 aromatic rings. The molecule has 4 rings (SSSR count). The van der Waals surface area contributed by atoms with E-state index in [0.29, 0.717) is 22.3 Å². The molecule has 0 unspecified atom stereocenters. The molecule has 27 heavy (non-hydrogen) atoms. The summed E-state index contributed by atoms with van der Waals surface area (Å²) in [5, 5.41) is 0.603. The summed E-state index contributed by atoms with van der Waals surface area (Å²) in [6, 6.07) is 19.0. The van der Waals surface area contributed by atoms with Gasteiger partial charge in [-0.3, -0.25) is 0 Å². The van der Waals surface area contributed by atoms with E-state index in [2.05, 4.69) is 26.9 Å². The first-order chi connectivity index (χ1) is 13.1. The van der Waals surface area contributed by atoms with E-state index in [4.69, 9.17) is 17.3 Å². The van der Waals surface area contributed by atoms with Crippen molar-refractivity contribution in [2.24, 2.45) is 0 Å². The molecule has 2 heterocycles. The smallest absolute Gasteiger partial charge is 0.355 e. The fourth-order valence-corrected chi connectivity index (χ4v) is 3.46. The Kier molecular flexibility index (Phi) is 4.73. The second-order valence-electron chi connectivity index (χ2n) is 6.44. The molecule has 0 bridgehead atoms. The number of aromatic nitrogens is 2. The van der Waals surface area contributed by atoms with Gasteiger partial charge in [0.25, 0.3) is 0 Å². The van der Waals surface area contributed by atoms with E-state index in [9.17, 15) is 4.79 Å². The fourth-order valence-electron chi connectivity index (χ4n) is 3.33. The van der Waals surface area contributed by atoms with Crippen LogP contribution in [-0.4, -0.2) is 35.7 Å². The Morgan fingerprint density at radius 1 is 0.852 bits per heavy atom. The molecular weight excluding hydrogens is 362 g/mol. The summed E-state index contributed by atoms with van der Waals surface area (Å²) in [5.41, 5.74) is 7.64. The Bertz CT molecular complexity index is 980. The summed E-state index contributed by atoms with van der Waals surface area (Å²) >= 11 is 5.92. The zero-order chi connectivity index (χ0) is 18.8. The van der Waals surface area contributed by atoms with E-state index in [1.165, 1.54) is 10.3 Å². The first kappa shape index (κ1) is 17.4. The van der Waals surface area contributed by atoms with Crippen LogP contribution < -0.4 is 21.2 Å². The second-order valence-corrected chi connectivity index (χ2v) is 6.88. The van der Waals surface area contributed by atoms with Gasteiger partial charge in [-0.05, 0) is 36.4 Å². The number of nitrogen functional groups attached to an aromatic ring is 1.